The lowest BCUT2D eigenvalue weighted by molar-refractivity contribution is -0.148. The van der Waals surface area contributed by atoms with Gasteiger partial charge in [-0.2, -0.15) is 0 Å². The third kappa shape index (κ3) is 6.76. The largest absolute Gasteiger partial charge is 0.456 e. The molecule has 0 saturated heterocycles. The zero-order valence-electron chi connectivity index (χ0n) is 17.2. The zero-order valence-corrected chi connectivity index (χ0v) is 17.2. The summed E-state index contributed by atoms with van der Waals surface area (Å²) < 4.78 is 4.96. The molecule has 0 spiro atoms. The summed E-state index contributed by atoms with van der Waals surface area (Å²) in [5.41, 5.74) is 3.58. The molecule has 160 valence electrons. The molecule has 1 heterocycles. The Hall–Kier alpha value is -3.09. The van der Waals surface area contributed by atoms with Crippen LogP contribution >= 0.6 is 0 Å². The Morgan fingerprint density at radius 3 is 2.80 bits per heavy atom. The van der Waals surface area contributed by atoms with Gasteiger partial charge in [-0.05, 0) is 56.6 Å². The van der Waals surface area contributed by atoms with Gasteiger partial charge in [0, 0.05) is 30.1 Å². The number of benzene rings is 1. The van der Waals surface area contributed by atoms with Gasteiger partial charge in [-0.1, -0.05) is 29.8 Å². The molecule has 3 N–H and O–H groups in total. The topological polar surface area (TPSA) is 100 Å². The van der Waals surface area contributed by atoms with Crippen LogP contribution in [0.15, 0.2) is 42.1 Å². The van der Waals surface area contributed by atoms with Crippen LogP contribution in [-0.4, -0.2) is 36.0 Å². The number of hydrogen-bond acceptors (Lipinski definition) is 4. The molecular weight excluding hydrogens is 382 g/mol. The van der Waals surface area contributed by atoms with Crippen molar-refractivity contribution in [2.24, 2.45) is 0 Å². The molecule has 0 atom stereocenters. The maximum atomic E-state index is 11.9. The first-order chi connectivity index (χ1) is 14.6. The number of esters is 1. The van der Waals surface area contributed by atoms with E-state index in [2.05, 4.69) is 21.7 Å². The number of allylic oxidation sites excluding steroid dienone is 1. The minimum Gasteiger partial charge on any atom is -0.456 e. The minimum absolute atomic E-state index is 0.216. The number of hydrogen-bond donors (Lipinski definition) is 3. The van der Waals surface area contributed by atoms with Gasteiger partial charge in [0.05, 0.1) is 0 Å². The van der Waals surface area contributed by atoms with Crippen molar-refractivity contribution >= 4 is 28.8 Å². The third-order valence-corrected chi connectivity index (χ3v) is 5.24. The van der Waals surface area contributed by atoms with Gasteiger partial charge in [-0.3, -0.25) is 14.9 Å². The van der Waals surface area contributed by atoms with E-state index in [9.17, 15) is 14.4 Å². The highest BCUT2D eigenvalue weighted by Crippen LogP contribution is 2.20. The Kier molecular flexibility index (Phi) is 8.06. The van der Waals surface area contributed by atoms with Crippen LogP contribution < -0.4 is 10.6 Å². The molecule has 7 nitrogen and oxygen atoms in total. The second-order valence-electron chi connectivity index (χ2n) is 7.54. The summed E-state index contributed by atoms with van der Waals surface area (Å²) in [5, 5.41) is 5.99. The van der Waals surface area contributed by atoms with E-state index in [0.29, 0.717) is 13.0 Å². The third-order valence-electron chi connectivity index (χ3n) is 5.24. The monoisotopic (exact) mass is 411 g/mol. The number of carbonyl (C=O) groups excluding carboxylic acids is 3. The summed E-state index contributed by atoms with van der Waals surface area (Å²) >= 11 is 0. The normalized spacial score (nSPS) is 13.5. The summed E-state index contributed by atoms with van der Waals surface area (Å²) in [4.78, 5) is 38.6. The molecule has 0 aliphatic heterocycles. The number of imide groups is 1. The fourth-order valence-corrected chi connectivity index (χ4v) is 3.66. The first-order valence-electron chi connectivity index (χ1n) is 10.6. The number of aromatic amines is 1. The van der Waals surface area contributed by atoms with Crippen LogP contribution in [0.5, 0.6) is 0 Å². The number of aromatic nitrogens is 1. The van der Waals surface area contributed by atoms with Crippen molar-refractivity contribution in [3.8, 4) is 0 Å². The molecule has 1 aromatic carbocycles. The zero-order chi connectivity index (χ0) is 21.2. The number of rotatable bonds is 9. The van der Waals surface area contributed by atoms with Crippen LogP contribution in [0.25, 0.3) is 10.9 Å². The Morgan fingerprint density at radius 1 is 1.10 bits per heavy atom. The SMILES string of the molecule is O=C(COC(=O)CCCc1c[nH]c2ccccc12)NC(=O)NCCC1=CCCCC1. The molecule has 30 heavy (non-hydrogen) atoms. The predicted molar refractivity (Wildman–Crippen MR) is 115 cm³/mol. The predicted octanol–water partition coefficient (Wildman–Crippen LogP) is 3.75. The van der Waals surface area contributed by atoms with Crippen LogP contribution in [0.2, 0.25) is 0 Å². The van der Waals surface area contributed by atoms with Crippen LogP contribution in [0.4, 0.5) is 4.79 Å². The van der Waals surface area contributed by atoms with Gasteiger partial charge in [0.1, 0.15) is 0 Å². The van der Waals surface area contributed by atoms with Gasteiger partial charge in [0.15, 0.2) is 6.61 Å². The number of amides is 3. The number of H-pyrrole nitrogens is 1. The van der Waals surface area contributed by atoms with Gasteiger partial charge >= 0.3 is 12.0 Å². The molecule has 3 amide bonds. The summed E-state index contributed by atoms with van der Waals surface area (Å²) in [6.07, 6.45) is 11.2. The van der Waals surface area contributed by atoms with E-state index in [1.54, 1.807) is 0 Å². The van der Waals surface area contributed by atoms with E-state index in [4.69, 9.17) is 4.74 Å². The number of para-hydroxylation sites is 1. The molecule has 0 fully saturated rings. The van der Waals surface area contributed by atoms with Crippen molar-refractivity contribution in [2.45, 2.75) is 51.4 Å². The van der Waals surface area contributed by atoms with E-state index < -0.39 is 24.5 Å². The second-order valence-corrected chi connectivity index (χ2v) is 7.54. The van der Waals surface area contributed by atoms with E-state index in [-0.39, 0.29) is 6.42 Å². The van der Waals surface area contributed by atoms with E-state index in [1.165, 1.54) is 18.4 Å². The van der Waals surface area contributed by atoms with E-state index >= 15 is 0 Å². The van der Waals surface area contributed by atoms with E-state index in [1.807, 2.05) is 30.5 Å². The smallest absolute Gasteiger partial charge is 0.321 e. The highest BCUT2D eigenvalue weighted by molar-refractivity contribution is 5.95. The van der Waals surface area contributed by atoms with Crippen molar-refractivity contribution in [3.63, 3.8) is 0 Å². The van der Waals surface area contributed by atoms with Gasteiger partial charge in [0.25, 0.3) is 5.91 Å². The Balaban J connectivity index is 1.27. The van der Waals surface area contributed by atoms with Crippen molar-refractivity contribution in [3.05, 3.63) is 47.7 Å². The Morgan fingerprint density at radius 2 is 1.97 bits per heavy atom. The first kappa shape index (κ1) is 21.6. The lowest BCUT2D eigenvalue weighted by atomic mass is 9.97. The number of fused-ring (bicyclic) bond motifs is 1. The summed E-state index contributed by atoms with van der Waals surface area (Å²) in [6.45, 7) is 0.0308. The molecule has 1 aliphatic rings. The molecule has 1 aliphatic carbocycles. The van der Waals surface area contributed by atoms with Crippen LogP contribution in [0, 0.1) is 0 Å². The minimum atomic E-state index is -0.630. The summed E-state index contributed by atoms with van der Waals surface area (Å²) in [7, 11) is 0. The molecule has 2 aromatic rings. The van der Waals surface area contributed by atoms with Gasteiger partial charge < -0.3 is 15.0 Å². The van der Waals surface area contributed by atoms with E-state index in [0.717, 1.165) is 42.1 Å². The average Bonchev–Trinajstić information content (AvgIpc) is 3.16. The van der Waals surface area contributed by atoms with Crippen molar-refractivity contribution in [1.29, 1.82) is 0 Å². The van der Waals surface area contributed by atoms with Gasteiger partial charge in [-0.25, -0.2) is 4.79 Å². The van der Waals surface area contributed by atoms with Gasteiger partial charge in [-0.15, -0.1) is 0 Å². The highest BCUT2D eigenvalue weighted by atomic mass is 16.5. The Labute approximate surface area is 176 Å². The number of aryl methyl sites for hydroxylation is 1. The molecule has 0 bridgehead atoms. The highest BCUT2D eigenvalue weighted by Gasteiger charge is 2.12. The fraction of sp³-hybridized carbons (Fsp3) is 0.435. The summed E-state index contributed by atoms with van der Waals surface area (Å²) in [6, 6.07) is 7.44. The molecular formula is C23H29N3O4. The van der Waals surface area contributed by atoms with Crippen molar-refractivity contribution in [1.82, 2.24) is 15.6 Å². The lowest BCUT2D eigenvalue weighted by Gasteiger charge is -2.13. The molecule has 0 unspecified atom stereocenters. The maximum Gasteiger partial charge on any atom is 0.321 e. The Bertz CT molecular complexity index is 916. The standard InChI is InChI=1S/C23H29N3O4/c27-21(26-23(29)24-14-13-17-7-2-1-3-8-17)16-30-22(28)12-6-9-18-15-25-20-11-5-4-10-19(18)20/h4-5,7,10-11,15,25H,1-3,6,8-9,12-14,16H2,(H2,24,26,27,29). The molecule has 0 radical (unpaired) electrons. The number of carbonyl (C=O) groups is 3. The number of nitrogens with one attached hydrogen (secondary N) is 3. The van der Waals surface area contributed by atoms with Crippen molar-refractivity contribution in [2.75, 3.05) is 13.2 Å². The molecule has 1 aromatic heterocycles. The molecule has 0 saturated carbocycles. The number of urea groups is 1. The first-order valence-corrected chi connectivity index (χ1v) is 10.6. The van der Waals surface area contributed by atoms with Crippen molar-refractivity contribution < 1.29 is 19.1 Å². The maximum absolute atomic E-state index is 11.9. The quantitative estimate of drug-likeness (QED) is 0.432. The van der Waals surface area contributed by atoms with Crippen LogP contribution in [0.3, 0.4) is 0 Å². The second kappa shape index (κ2) is 11.2. The lowest BCUT2D eigenvalue weighted by Crippen LogP contribution is -2.41. The van der Waals surface area contributed by atoms with Gasteiger partial charge in [0.2, 0.25) is 0 Å². The average molecular weight is 412 g/mol. The van der Waals surface area contributed by atoms with Crippen LogP contribution in [-0.2, 0) is 20.7 Å². The molecule has 3 rings (SSSR count). The molecule has 7 heteroatoms. The number of ether oxygens (including phenoxy) is 1. The van der Waals surface area contributed by atoms with Crippen LogP contribution in [0.1, 0.15) is 50.5 Å². The summed E-state index contributed by atoms with van der Waals surface area (Å²) in [5.74, 6) is -1.08. The fourth-order valence-electron chi connectivity index (χ4n) is 3.66.